The molecular formula is C15H23NO4. The molecule has 0 aliphatic heterocycles. The maximum Gasteiger partial charge on any atom is 0.335 e. The van der Waals surface area contributed by atoms with Gasteiger partial charge in [-0.1, -0.05) is 13.0 Å². The Labute approximate surface area is 120 Å². The number of aromatic carboxylic acids is 1. The molecule has 0 aromatic heterocycles. The molecule has 5 heteroatoms. The summed E-state index contributed by atoms with van der Waals surface area (Å²) in [5.74, 6) is -0.354. The van der Waals surface area contributed by atoms with Gasteiger partial charge in [-0.05, 0) is 31.7 Å². The molecule has 0 saturated carbocycles. The third kappa shape index (κ3) is 6.04. The van der Waals surface area contributed by atoms with Crippen LogP contribution in [0, 0.1) is 0 Å². The van der Waals surface area contributed by atoms with E-state index in [-0.39, 0.29) is 5.56 Å². The second-order valence-electron chi connectivity index (χ2n) is 4.31. The maximum atomic E-state index is 10.9. The van der Waals surface area contributed by atoms with E-state index in [2.05, 4.69) is 11.8 Å². The summed E-state index contributed by atoms with van der Waals surface area (Å²) in [5, 5.41) is 8.90. The van der Waals surface area contributed by atoms with E-state index < -0.39 is 5.97 Å². The average molecular weight is 281 g/mol. The van der Waals surface area contributed by atoms with Crippen LogP contribution in [0.4, 0.5) is 0 Å². The third-order valence-corrected chi connectivity index (χ3v) is 2.96. The molecule has 5 nitrogen and oxygen atoms in total. The van der Waals surface area contributed by atoms with Crippen LogP contribution < -0.4 is 4.74 Å². The van der Waals surface area contributed by atoms with Crippen LogP contribution >= 0.6 is 0 Å². The fraction of sp³-hybridized carbons (Fsp3) is 0.533. The van der Waals surface area contributed by atoms with Crippen molar-refractivity contribution in [3.63, 3.8) is 0 Å². The van der Waals surface area contributed by atoms with E-state index in [1.165, 1.54) is 0 Å². The molecule has 1 N–H and O–H groups in total. The van der Waals surface area contributed by atoms with E-state index >= 15 is 0 Å². The van der Waals surface area contributed by atoms with Gasteiger partial charge in [0.05, 0.1) is 12.2 Å². The highest BCUT2D eigenvalue weighted by Gasteiger charge is 2.05. The average Bonchev–Trinajstić information content (AvgIpc) is 2.46. The lowest BCUT2D eigenvalue weighted by Crippen LogP contribution is -2.31. The molecule has 112 valence electrons. The number of ether oxygens (including phenoxy) is 2. The quantitative estimate of drug-likeness (QED) is 0.666. The van der Waals surface area contributed by atoms with Crippen LogP contribution in [0.1, 0.15) is 24.2 Å². The second kappa shape index (κ2) is 9.34. The molecule has 1 aromatic rings. The van der Waals surface area contributed by atoms with Crippen LogP contribution in [0.3, 0.4) is 0 Å². The van der Waals surface area contributed by atoms with Crippen molar-refractivity contribution in [3.8, 4) is 5.75 Å². The number of benzene rings is 1. The molecule has 1 aromatic carbocycles. The summed E-state index contributed by atoms with van der Waals surface area (Å²) in [7, 11) is 0. The zero-order valence-corrected chi connectivity index (χ0v) is 12.2. The molecule has 0 fully saturated rings. The van der Waals surface area contributed by atoms with Gasteiger partial charge in [0, 0.05) is 19.7 Å². The molecule has 0 aliphatic carbocycles. The predicted octanol–water partition coefficient (Wildman–Crippen LogP) is 2.12. The molecule has 0 bridgehead atoms. The van der Waals surface area contributed by atoms with E-state index in [1.54, 1.807) is 24.3 Å². The van der Waals surface area contributed by atoms with Crippen molar-refractivity contribution in [1.29, 1.82) is 0 Å². The van der Waals surface area contributed by atoms with Gasteiger partial charge in [-0.25, -0.2) is 4.79 Å². The standard InChI is InChI=1S/C15H23NO4/c1-3-16(8-10-19-4-2)9-11-20-14-7-5-6-13(12-14)15(17)18/h5-7,12H,3-4,8-11H2,1-2H3,(H,17,18). The normalized spacial score (nSPS) is 10.8. The zero-order valence-electron chi connectivity index (χ0n) is 12.2. The third-order valence-electron chi connectivity index (χ3n) is 2.96. The number of nitrogens with zero attached hydrogens (tertiary/aromatic N) is 1. The van der Waals surface area contributed by atoms with Crippen LogP contribution in [0.15, 0.2) is 24.3 Å². The largest absolute Gasteiger partial charge is 0.492 e. The highest BCUT2D eigenvalue weighted by molar-refractivity contribution is 5.87. The van der Waals surface area contributed by atoms with E-state index in [0.717, 1.165) is 32.8 Å². The molecule has 0 aliphatic rings. The van der Waals surface area contributed by atoms with Gasteiger partial charge in [0.2, 0.25) is 0 Å². The molecule has 0 radical (unpaired) electrons. The van der Waals surface area contributed by atoms with E-state index in [1.807, 2.05) is 6.92 Å². The number of hydrogen-bond acceptors (Lipinski definition) is 4. The molecule has 0 saturated heterocycles. The summed E-state index contributed by atoms with van der Waals surface area (Å²) in [6.07, 6.45) is 0. The Kier molecular flexibility index (Phi) is 7.69. The van der Waals surface area contributed by atoms with Crippen molar-refractivity contribution in [2.24, 2.45) is 0 Å². The van der Waals surface area contributed by atoms with Crippen LogP contribution in [-0.4, -0.2) is 55.4 Å². The molecule has 0 heterocycles. The minimum atomic E-state index is -0.942. The Balaban J connectivity index is 2.35. The summed E-state index contributed by atoms with van der Waals surface area (Å²) < 4.78 is 10.9. The Morgan fingerprint density at radius 1 is 1.25 bits per heavy atom. The van der Waals surface area contributed by atoms with Gasteiger partial charge in [-0.15, -0.1) is 0 Å². The summed E-state index contributed by atoms with van der Waals surface area (Å²) in [4.78, 5) is 13.1. The minimum absolute atomic E-state index is 0.242. The van der Waals surface area contributed by atoms with Crippen LogP contribution in [0.5, 0.6) is 5.75 Å². The summed E-state index contributed by atoms with van der Waals surface area (Å²) >= 11 is 0. The molecule has 0 unspecified atom stereocenters. The number of likely N-dealkylation sites (N-methyl/N-ethyl adjacent to an activating group) is 1. The number of carbonyl (C=O) groups is 1. The Bertz CT molecular complexity index is 409. The highest BCUT2D eigenvalue weighted by Crippen LogP contribution is 2.13. The van der Waals surface area contributed by atoms with Gasteiger partial charge in [-0.3, -0.25) is 4.90 Å². The summed E-state index contributed by atoms with van der Waals surface area (Å²) in [5.41, 5.74) is 0.242. The maximum absolute atomic E-state index is 10.9. The fourth-order valence-corrected chi connectivity index (χ4v) is 1.78. The monoisotopic (exact) mass is 281 g/mol. The van der Waals surface area contributed by atoms with Gasteiger partial charge in [0.25, 0.3) is 0 Å². The van der Waals surface area contributed by atoms with Gasteiger partial charge in [0.1, 0.15) is 12.4 Å². The van der Waals surface area contributed by atoms with Crippen LogP contribution in [0.2, 0.25) is 0 Å². The van der Waals surface area contributed by atoms with Crippen LogP contribution in [0.25, 0.3) is 0 Å². The number of carboxylic acid groups (broad SMARTS) is 1. The van der Waals surface area contributed by atoms with Crippen molar-refractivity contribution in [2.45, 2.75) is 13.8 Å². The first-order chi connectivity index (χ1) is 9.67. The number of carboxylic acids is 1. The summed E-state index contributed by atoms with van der Waals surface area (Å²) in [6.45, 7) is 8.67. The van der Waals surface area contributed by atoms with Crippen molar-refractivity contribution in [3.05, 3.63) is 29.8 Å². The molecule has 0 atom stereocenters. The number of rotatable bonds is 10. The first kappa shape index (κ1) is 16.5. The van der Waals surface area contributed by atoms with Crippen molar-refractivity contribution < 1.29 is 19.4 Å². The molecule has 0 amide bonds. The summed E-state index contributed by atoms with van der Waals surface area (Å²) in [6, 6.07) is 6.54. The fourth-order valence-electron chi connectivity index (χ4n) is 1.78. The Hall–Kier alpha value is -1.59. The first-order valence-electron chi connectivity index (χ1n) is 6.93. The second-order valence-corrected chi connectivity index (χ2v) is 4.31. The lowest BCUT2D eigenvalue weighted by atomic mass is 10.2. The van der Waals surface area contributed by atoms with E-state index in [4.69, 9.17) is 14.6 Å². The topological polar surface area (TPSA) is 59.0 Å². The molecule has 1 rings (SSSR count). The first-order valence-corrected chi connectivity index (χ1v) is 6.93. The SMILES string of the molecule is CCOCCN(CC)CCOc1cccc(C(=O)O)c1. The van der Waals surface area contributed by atoms with Crippen molar-refractivity contribution in [1.82, 2.24) is 4.90 Å². The van der Waals surface area contributed by atoms with Gasteiger partial charge in [-0.2, -0.15) is 0 Å². The Morgan fingerprint density at radius 2 is 2.00 bits per heavy atom. The van der Waals surface area contributed by atoms with Gasteiger partial charge < -0.3 is 14.6 Å². The lowest BCUT2D eigenvalue weighted by molar-refractivity contribution is 0.0696. The lowest BCUT2D eigenvalue weighted by Gasteiger charge is -2.20. The smallest absolute Gasteiger partial charge is 0.335 e. The number of hydrogen-bond donors (Lipinski definition) is 1. The predicted molar refractivity (Wildman–Crippen MR) is 77.5 cm³/mol. The van der Waals surface area contributed by atoms with Gasteiger partial charge in [0.15, 0.2) is 0 Å². The highest BCUT2D eigenvalue weighted by atomic mass is 16.5. The molecule has 20 heavy (non-hydrogen) atoms. The molecule has 0 spiro atoms. The molecular weight excluding hydrogens is 258 g/mol. The minimum Gasteiger partial charge on any atom is -0.492 e. The van der Waals surface area contributed by atoms with Crippen molar-refractivity contribution in [2.75, 3.05) is 39.5 Å². The van der Waals surface area contributed by atoms with Crippen LogP contribution in [-0.2, 0) is 4.74 Å². The van der Waals surface area contributed by atoms with Crippen molar-refractivity contribution >= 4 is 5.97 Å². The van der Waals surface area contributed by atoms with E-state index in [0.29, 0.717) is 12.4 Å². The Morgan fingerprint density at radius 3 is 2.65 bits per heavy atom. The van der Waals surface area contributed by atoms with Gasteiger partial charge >= 0.3 is 5.97 Å². The van der Waals surface area contributed by atoms with E-state index in [9.17, 15) is 4.79 Å². The zero-order chi connectivity index (χ0) is 14.8.